The van der Waals surface area contributed by atoms with Crippen molar-refractivity contribution in [2.75, 3.05) is 5.32 Å². The first kappa shape index (κ1) is 14.4. The third kappa shape index (κ3) is 2.79. The molecule has 0 aliphatic heterocycles. The van der Waals surface area contributed by atoms with Crippen LogP contribution in [0.1, 0.15) is 42.2 Å². The fourth-order valence-corrected chi connectivity index (χ4v) is 2.25. The van der Waals surface area contributed by atoms with Crippen molar-refractivity contribution in [3.8, 4) is 0 Å². The normalized spacial score (nSPS) is 10.8. The Morgan fingerprint density at radius 2 is 1.75 bits per heavy atom. The van der Waals surface area contributed by atoms with E-state index in [1.54, 1.807) is 0 Å². The van der Waals surface area contributed by atoms with Crippen LogP contribution < -0.4 is 5.32 Å². The molecular formula is C14H22N6. The van der Waals surface area contributed by atoms with Crippen LogP contribution in [0.15, 0.2) is 0 Å². The zero-order chi connectivity index (χ0) is 14.7. The van der Waals surface area contributed by atoms with Gasteiger partial charge in [0.15, 0.2) is 0 Å². The van der Waals surface area contributed by atoms with E-state index in [0.717, 1.165) is 35.6 Å². The molecule has 2 aromatic rings. The second-order valence-electron chi connectivity index (χ2n) is 4.86. The molecular weight excluding hydrogens is 252 g/mol. The van der Waals surface area contributed by atoms with Crippen molar-refractivity contribution in [2.24, 2.45) is 7.05 Å². The van der Waals surface area contributed by atoms with Gasteiger partial charge in [-0.25, -0.2) is 4.98 Å². The molecule has 0 atom stereocenters. The lowest BCUT2D eigenvalue weighted by Gasteiger charge is -2.08. The SMILES string of the molecule is CCc1nnc(NCc2c(C)nn(C)c2C)nc1CC. The maximum atomic E-state index is 4.53. The molecule has 0 amide bonds. The van der Waals surface area contributed by atoms with Crippen molar-refractivity contribution in [2.45, 2.75) is 47.1 Å². The van der Waals surface area contributed by atoms with E-state index in [1.807, 2.05) is 18.7 Å². The molecule has 6 heteroatoms. The Hall–Kier alpha value is -1.98. The van der Waals surface area contributed by atoms with Gasteiger partial charge in [-0.05, 0) is 26.7 Å². The van der Waals surface area contributed by atoms with Gasteiger partial charge in [0.25, 0.3) is 0 Å². The van der Waals surface area contributed by atoms with Gasteiger partial charge >= 0.3 is 0 Å². The number of hydrogen-bond donors (Lipinski definition) is 1. The van der Waals surface area contributed by atoms with Gasteiger partial charge in [-0.2, -0.15) is 10.2 Å². The second kappa shape index (κ2) is 5.98. The molecule has 0 aliphatic rings. The number of nitrogens with one attached hydrogen (secondary N) is 1. The molecule has 0 saturated heterocycles. The molecule has 0 bridgehead atoms. The zero-order valence-electron chi connectivity index (χ0n) is 12.9. The summed E-state index contributed by atoms with van der Waals surface area (Å²) in [5, 5.41) is 16.0. The molecule has 2 heterocycles. The van der Waals surface area contributed by atoms with Crippen molar-refractivity contribution in [3.05, 3.63) is 28.3 Å². The topological polar surface area (TPSA) is 68.5 Å². The first-order valence-corrected chi connectivity index (χ1v) is 7.02. The molecule has 0 aliphatic carbocycles. The molecule has 0 fully saturated rings. The van der Waals surface area contributed by atoms with E-state index < -0.39 is 0 Å². The average Bonchev–Trinajstić information content (AvgIpc) is 2.70. The largest absolute Gasteiger partial charge is 0.349 e. The standard InChI is InChI=1S/C14H22N6/c1-6-12-13(7-2)17-18-14(16-12)15-8-11-9(3)19-20(5)10(11)4/h6-8H2,1-5H3,(H,15,16,18). The van der Waals surface area contributed by atoms with Gasteiger partial charge in [-0.1, -0.05) is 13.8 Å². The van der Waals surface area contributed by atoms with Crippen molar-refractivity contribution >= 4 is 5.95 Å². The highest BCUT2D eigenvalue weighted by Gasteiger charge is 2.10. The van der Waals surface area contributed by atoms with E-state index in [2.05, 4.69) is 46.4 Å². The summed E-state index contributed by atoms with van der Waals surface area (Å²) >= 11 is 0. The lowest BCUT2D eigenvalue weighted by Crippen LogP contribution is -2.10. The predicted molar refractivity (Wildman–Crippen MR) is 78.6 cm³/mol. The summed E-state index contributed by atoms with van der Waals surface area (Å²) in [6.07, 6.45) is 1.74. The average molecular weight is 274 g/mol. The highest BCUT2D eigenvalue weighted by molar-refractivity contribution is 5.32. The molecule has 0 radical (unpaired) electrons. The summed E-state index contributed by atoms with van der Waals surface area (Å²) in [5.41, 5.74) is 5.38. The number of rotatable bonds is 5. The van der Waals surface area contributed by atoms with Gasteiger partial charge < -0.3 is 5.32 Å². The van der Waals surface area contributed by atoms with E-state index in [9.17, 15) is 0 Å². The van der Waals surface area contributed by atoms with Gasteiger partial charge in [-0.15, -0.1) is 5.10 Å². The Morgan fingerprint density at radius 3 is 2.30 bits per heavy atom. The van der Waals surface area contributed by atoms with E-state index >= 15 is 0 Å². The number of anilines is 1. The van der Waals surface area contributed by atoms with Crippen LogP contribution in [0.25, 0.3) is 0 Å². The molecule has 20 heavy (non-hydrogen) atoms. The minimum atomic E-state index is 0.585. The predicted octanol–water partition coefficient (Wildman–Crippen LogP) is 1.96. The number of aromatic nitrogens is 5. The molecule has 2 aromatic heterocycles. The third-order valence-electron chi connectivity index (χ3n) is 3.59. The number of hydrogen-bond acceptors (Lipinski definition) is 5. The van der Waals surface area contributed by atoms with Gasteiger partial charge in [-0.3, -0.25) is 4.68 Å². The minimum Gasteiger partial charge on any atom is -0.349 e. The van der Waals surface area contributed by atoms with Crippen LogP contribution in [0.3, 0.4) is 0 Å². The summed E-state index contributed by atoms with van der Waals surface area (Å²) in [7, 11) is 1.95. The Labute approximate surface area is 119 Å². The highest BCUT2D eigenvalue weighted by Crippen LogP contribution is 2.14. The molecule has 0 spiro atoms. The van der Waals surface area contributed by atoms with Crippen LogP contribution in [0.5, 0.6) is 0 Å². The van der Waals surface area contributed by atoms with Gasteiger partial charge in [0.05, 0.1) is 17.1 Å². The summed E-state index contributed by atoms with van der Waals surface area (Å²) in [6.45, 7) is 8.90. The van der Waals surface area contributed by atoms with Gasteiger partial charge in [0.2, 0.25) is 5.95 Å². The Kier molecular flexibility index (Phi) is 4.32. The fraction of sp³-hybridized carbons (Fsp3) is 0.571. The molecule has 1 N–H and O–H groups in total. The molecule has 2 rings (SSSR count). The van der Waals surface area contributed by atoms with Crippen LogP contribution in [-0.4, -0.2) is 25.0 Å². The van der Waals surface area contributed by atoms with Crippen LogP contribution in [0, 0.1) is 13.8 Å². The van der Waals surface area contributed by atoms with Crippen LogP contribution in [0.2, 0.25) is 0 Å². The maximum absolute atomic E-state index is 4.53. The van der Waals surface area contributed by atoms with Gasteiger partial charge in [0.1, 0.15) is 0 Å². The van der Waals surface area contributed by atoms with Crippen molar-refractivity contribution in [3.63, 3.8) is 0 Å². The molecule has 6 nitrogen and oxygen atoms in total. The van der Waals surface area contributed by atoms with E-state index in [1.165, 1.54) is 5.56 Å². The Morgan fingerprint density at radius 1 is 1.05 bits per heavy atom. The molecule has 0 saturated carbocycles. The lowest BCUT2D eigenvalue weighted by atomic mass is 10.2. The number of aryl methyl sites for hydroxylation is 4. The third-order valence-corrected chi connectivity index (χ3v) is 3.59. The molecule has 0 aromatic carbocycles. The highest BCUT2D eigenvalue weighted by atomic mass is 15.3. The van der Waals surface area contributed by atoms with Crippen molar-refractivity contribution in [1.29, 1.82) is 0 Å². The summed E-state index contributed by atoms with van der Waals surface area (Å²) in [6, 6.07) is 0. The number of nitrogens with zero attached hydrogens (tertiary/aromatic N) is 5. The van der Waals surface area contributed by atoms with E-state index in [4.69, 9.17) is 0 Å². The van der Waals surface area contributed by atoms with Crippen LogP contribution in [-0.2, 0) is 26.4 Å². The quantitative estimate of drug-likeness (QED) is 0.902. The zero-order valence-corrected chi connectivity index (χ0v) is 12.9. The lowest BCUT2D eigenvalue weighted by molar-refractivity contribution is 0.730. The van der Waals surface area contributed by atoms with E-state index in [-0.39, 0.29) is 0 Å². The molecule has 108 valence electrons. The summed E-state index contributed by atoms with van der Waals surface area (Å²) < 4.78 is 1.89. The van der Waals surface area contributed by atoms with Crippen molar-refractivity contribution in [1.82, 2.24) is 25.0 Å². The monoisotopic (exact) mass is 274 g/mol. The van der Waals surface area contributed by atoms with Crippen LogP contribution in [0.4, 0.5) is 5.95 Å². The smallest absolute Gasteiger partial charge is 0.243 e. The van der Waals surface area contributed by atoms with E-state index in [0.29, 0.717) is 12.5 Å². The van der Waals surface area contributed by atoms with Crippen LogP contribution >= 0.6 is 0 Å². The fourth-order valence-electron chi connectivity index (χ4n) is 2.25. The van der Waals surface area contributed by atoms with Crippen molar-refractivity contribution < 1.29 is 0 Å². The summed E-state index contributed by atoms with van der Waals surface area (Å²) in [4.78, 5) is 4.53. The second-order valence-corrected chi connectivity index (χ2v) is 4.86. The Balaban J connectivity index is 2.15. The van der Waals surface area contributed by atoms with Gasteiger partial charge in [0, 0.05) is 24.8 Å². The summed E-state index contributed by atoms with van der Waals surface area (Å²) in [5.74, 6) is 0.585. The maximum Gasteiger partial charge on any atom is 0.243 e. The molecule has 0 unspecified atom stereocenters. The first-order chi connectivity index (χ1) is 9.56. The minimum absolute atomic E-state index is 0.585. The first-order valence-electron chi connectivity index (χ1n) is 7.02. The Bertz CT molecular complexity index is 602.